The number of ether oxygens (including phenoxy) is 2. The van der Waals surface area contributed by atoms with Crippen LogP contribution in [0.2, 0.25) is 0 Å². The smallest absolute Gasteiger partial charge is 0.269 e. The zero-order chi connectivity index (χ0) is 22.9. The molecule has 32 heavy (non-hydrogen) atoms. The molecule has 0 atom stereocenters. The summed E-state index contributed by atoms with van der Waals surface area (Å²) in [6.07, 6.45) is 0. The van der Waals surface area contributed by atoms with E-state index in [4.69, 9.17) is 9.47 Å². The number of nitrogens with one attached hydrogen (secondary N) is 1. The standard InChI is InChI=1S/C22H22N6O4/c1-4-23-15-5-7-16(8-6-15)24-26-19-13-22(32-3)20(14-21(19)31-2)27-25-17-9-11-18(12-10-17)28(29)30/h5-14,23H,4H2,1-3H3. The molecule has 0 aliphatic heterocycles. The van der Waals surface area contributed by atoms with Crippen LogP contribution in [0.1, 0.15) is 6.92 Å². The zero-order valence-electron chi connectivity index (χ0n) is 17.8. The Balaban J connectivity index is 1.84. The van der Waals surface area contributed by atoms with Crippen LogP contribution in [0, 0.1) is 10.1 Å². The van der Waals surface area contributed by atoms with E-state index in [-0.39, 0.29) is 5.69 Å². The number of nitrogens with zero attached hydrogens (tertiary/aromatic N) is 5. The molecule has 0 aliphatic rings. The first-order valence-corrected chi connectivity index (χ1v) is 9.72. The van der Waals surface area contributed by atoms with Crippen LogP contribution in [0.5, 0.6) is 11.5 Å². The fraction of sp³-hybridized carbons (Fsp3) is 0.182. The number of anilines is 1. The molecule has 3 aromatic rings. The number of hydrogen-bond acceptors (Lipinski definition) is 9. The fourth-order valence-corrected chi connectivity index (χ4v) is 2.74. The topological polar surface area (TPSA) is 123 Å². The molecule has 0 saturated heterocycles. The second-order valence-corrected chi connectivity index (χ2v) is 6.45. The molecule has 164 valence electrons. The van der Waals surface area contributed by atoms with E-state index in [0.717, 1.165) is 12.2 Å². The Morgan fingerprint density at radius 1 is 0.812 bits per heavy atom. The molecule has 0 radical (unpaired) electrons. The number of hydrogen-bond donors (Lipinski definition) is 1. The maximum absolute atomic E-state index is 10.8. The quantitative estimate of drug-likeness (QED) is 0.223. The van der Waals surface area contributed by atoms with E-state index in [0.29, 0.717) is 34.2 Å². The van der Waals surface area contributed by atoms with E-state index < -0.39 is 4.92 Å². The molecule has 0 fully saturated rings. The monoisotopic (exact) mass is 434 g/mol. The van der Waals surface area contributed by atoms with Gasteiger partial charge in [-0.15, -0.1) is 10.2 Å². The van der Waals surface area contributed by atoms with E-state index >= 15 is 0 Å². The third-order valence-corrected chi connectivity index (χ3v) is 4.34. The molecule has 0 aliphatic carbocycles. The van der Waals surface area contributed by atoms with Crippen molar-refractivity contribution in [2.75, 3.05) is 26.1 Å². The summed E-state index contributed by atoms with van der Waals surface area (Å²) in [6.45, 7) is 2.87. The maximum atomic E-state index is 10.8. The van der Waals surface area contributed by atoms with Crippen molar-refractivity contribution in [2.24, 2.45) is 20.5 Å². The predicted octanol–water partition coefficient (Wildman–Crippen LogP) is 6.87. The van der Waals surface area contributed by atoms with Crippen LogP contribution >= 0.6 is 0 Å². The highest BCUT2D eigenvalue weighted by atomic mass is 16.6. The molecular weight excluding hydrogens is 412 g/mol. The van der Waals surface area contributed by atoms with Crippen LogP contribution in [0.15, 0.2) is 81.1 Å². The Morgan fingerprint density at radius 3 is 1.69 bits per heavy atom. The van der Waals surface area contributed by atoms with E-state index in [1.54, 1.807) is 12.1 Å². The first kappa shape index (κ1) is 22.3. The van der Waals surface area contributed by atoms with E-state index in [9.17, 15) is 10.1 Å². The molecular formula is C22H22N6O4. The number of non-ortho nitro benzene ring substituents is 1. The van der Waals surface area contributed by atoms with Crippen LogP contribution in [-0.2, 0) is 0 Å². The molecule has 3 aromatic carbocycles. The highest BCUT2D eigenvalue weighted by Crippen LogP contribution is 2.41. The number of azo groups is 2. The third-order valence-electron chi connectivity index (χ3n) is 4.34. The molecule has 10 heteroatoms. The van der Waals surface area contributed by atoms with Crippen LogP contribution in [-0.4, -0.2) is 25.7 Å². The van der Waals surface area contributed by atoms with Crippen molar-refractivity contribution in [1.29, 1.82) is 0 Å². The summed E-state index contributed by atoms with van der Waals surface area (Å²) in [6, 6.07) is 16.6. The highest BCUT2D eigenvalue weighted by molar-refractivity contribution is 5.66. The lowest BCUT2D eigenvalue weighted by molar-refractivity contribution is -0.384. The Morgan fingerprint density at radius 2 is 1.28 bits per heavy atom. The zero-order valence-corrected chi connectivity index (χ0v) is 17.8. The van der Waals surface area contributed by atoms with Crippen molar-refractivity contribution in [1.82, 2.24) is 0 Å². The third kappa shape index (κ3) is 5.63. The fourth-order valence-electron chi connectivity index (χ4n) is 2.74. The molecule has 0 amide bonds. The minimum atomic E-state index is -0.474. The number of methoxy groups -OCH3 is 2. The normalized spacial score (nSPS) is 11.1. The maximum Gasteiger partial charge on any atom is 0.269 e. The van der Waals surface area contributed by atoms with Gasteiger partial charge in [0.1, 0.15) is 22.9 Å². The minimum Gasteiger partial charge on any atom is -0.494 e. The van der Waals surface area contributed by atoms with Gasteiger partial charge in [0.05, 0.1) is 30.5 Å². The van der Waals surface area contributed by atoms with Gasteiger partial charge < -0.3 is 14.8 Å². The summed E-state index contributed by atoms with van der Waals surface area (Å²) in [5, 5.41) is 30.8. The van der Waals surface area contributed by atoms with Crippen LogP contribution in [0.3, 0.4) is 0 Å². The molecule has 1 N–H and O–H groups in total. The summed E-state index contributed by atoms with van der Waals surface area (Å²) in [5.74, 6) is 0.865. The Labute approximate surface area is 184 Å². The number of nitro groups is 1. The lowest BCUT2D eigenvalue weighted by atomic mass is 10.2. The minimum absolute atomic E-state index is 0.0193. The SMILES string of the molecule is CCNc1ccc(N=Nc2cc(OC)c(N=Nc3ccc([N+](=O)[O-])cc3)cc2OC)cc1. The van der Waals surface area contributed by atoms with Crippen molar-refractivity contribution in [3.8, 4) is 11.5 Å². The van der Waals surface area contributed by atoms with Crippen LogP contribution in [0.4, 0.5) is 34.1 Å². The van der Waals surface area contributed by atoms with Crippen molar-refractivity contribution in [3.05, 3.63) is 70.8 Å². The van der Waals surface area contributed by atoms with Crippen LogP contribution < -0.4 is 14.8 Å². The molecule has 3 rings (SSSR count). The van der Waals surface area contributed by atoms with Crippen molar-refractivity contribution in [2.45, 2.75) is 6.92 Å². The summed E-state index contributed by atoms with van der Waals surface area (Å²) in [7, 11) is 3.02. The van der Waals surface area contributed by atoms with Gasteiger partial charge in [-0.3, -0.25) is 10.1 Å². The Kier molecular flexibility index (Phi) is 7.42. The average molecular weight is 434 g/mol. The molecule has 0 saturated carbocycles. The van der Waals surface area contributed by atoms with Gasteiger partial charge in [0, 0.05) is 36.5 Å². The predicted molar refractivity (Wildman–Crippen MR) is 122 cm³/mol. The second-order valence-electron chi connectivity index (χ2n) is 6.45. The highest BCUT2D eigenvalue weighted by Gasteiger charge is 2.12. The molecule has 0 bridgehead atoms. The van der Waals surface area contributed by atoms with Crippen molar-refractivity contribution < 1.29 is 14.4 Å². The molecule has 0 unspecified atom stereocenters. The van der Waals surface area contributed by atoms with E-state index in [2.05, 4.69) is 25.8 Å². The lowest BCUT2D eigenvalue weighted by Crippen LogP contribution is -1.94. The van der Waals surface area contributed by atoms with E-state index in [1.807, 2.05) is 31.2 Å². The second kappa shape index (κ2) is 10.6. The van der Waals surface area contributed by atoms with Gasteiger partial charge >= 0.3 is 0 Å². The first-order chi connectivity index (χ1) is 15.5. The first-order valence-electron chi connectivity index (χ1n) is 9.72. The van der Waals surface area contributed by atoms with E-state index in [1.165, 1.54) is 38.5 Å². The van der Waals surface area contributed by atoms with Gasteiger partial charge in [-0.2, -0.15) is 10.2 Å². The van der Waals surface area contributed by atoms with Crippen molar-refractivity contribution >= 4 is 34.1 Å². The van der Waals surface area contributed by atoms with Gasteiger partial charge in [-0.25, -0.2) is 0 Å². The van der Waals surface area contributed by atoms with Crippen molar-refractivity contribution in [3.63, 3.8) is 0 Å². The largest absolute Gasteiger partial charge is 0.494 e. The summed E-state index contributed by atoms with van der Waals surface area (Å²) >= 11 is 0. The summed E-state index contributed by atoms with van der Waals surface area (Å²) < 4.78 is 10.8. The summed E-state index contributed by atoms with van der Waals surface area (Å²) in [4.78, 5) is 10.3. The Bertz CT molecular complexity index is 1130. The van der Waals surface area contributed by atoms with Gasteiger partial charge in [-0.1, -0.05) is 0 Å². The van der Waals surface area contributed by atoms with Gasteiger partial charge in [-0.05, 0) is 43.3 Å². The molecule has 10 nitrogen and oxygen atoms in total. The summed E-state index contributed by atoms with van der Waals surface area (Å²) in [5.41, 5.74) is 3.02. The molecule has 0 aromatic heterocycles. The number of benzene rings is 3. The van der Waals surface area contributed by atoms with Crippen LogP contribution in [0.25, 0.3) is 0 Å². The number of nitro benzene ring substituents is 1. The van der Waals surface area contributed by atoms with Gasteiger partial charge in [0.2, 0.25) is 0 Å². The number of rotatable bonds is 9. The van der Waals surface area contributed by atoms with Gasteiger partial charge in [0.15, 0.2) is 0 Å². The lowest BCUT2D eigenvalue weighted by Gasteiger charge is -2.09. The molecule has 0 spiro atoms. The molecule has 0 heterocycles. The average Bonchev–Trinajstić information content (AvgIpc) is 2.82. The Hall–Kier alpha value is -4.34. The van der Waals surface area contributed by atoms with Gasteiger partial charge in [0.25, 0.3) is 5.69 Å².